The van der Waals surface area contributed by atoms with Gasteiger partial charge in [0.1, 0.15) is 0 Å². The van der Waals surface area contributed by atoms with E-state index < -0.39 is 0 Å². The zero-order valence-corrected chi connectivity index (χ0v) is 11.6. The minimum atomic E-state index is 0.730. The molecular formula is C10H5BrINS. The van der Waals surface area contributed by atoms with Crippen LogP contribution in [0, 0.1) is 14.2 Å². The molecule has 0 radical (unpaired) electrons. The molecule has 70 valence electrons. The van der Waals surface area contributed by atoms with Crippen molar-refractivity contribution >= 4 is 59.9 Å². The van der Waals surface area contributed by atoms with Crippen LogP contribution in [0.3, 0.4) is 0 Å². The molecule has 1 aromatic carbocycles. The van der Waals surface area contributed by atoms with Crippen LogP contribution >= 0.6 is 49.9 Å². The van der Waals surface area contributed by atoms with Gasteiger partial charge in [-0.15, -0.1) is 11.3 Å². The SMILES string of the molecule is N#Cc1ccc2sc(I)c(CBr)c2c1. The van der Waals surface area contributed by atoms with Crippen LogP contribution < -0.4 is 0 Å². The van der Waals surface area contributed by atoms with Crippen LogP contribution in [0.2, 0.25) is 0 Å². The summed E-state index contributed by atoms with van der Waals surface area (Å²) in [6.45, 7) is 0. The van der Waals surface area contributed by atoms with Crippen LogP contribution in [0.1, 0.15) is 11.1 Å². The molecule has 1 aromatic heterocycles. The Labute approximate surface area is 108 Å². The number of fused-ring (bicyclic) bond motifs is 1. The molecule has 4 heteroatoms. The standard InChI is InChI=1S/C10H5BrINS/c11-4-8-7-3-6(5-13)1-2-9(7)14-10(8)12/h1-3H,4H2. The fraction of sp³-hybridized carbons (Fsp3) is 0.100. The summed E-state index contributed by atoms with van der Waals surface area (Å²) in [4.78, 5) is 0. The lowest BCUT2D eigenvalue weighted by molar-refractivity contribution is 1.48. The van der Waals surface area contributed by atoms with Gasteiger partial charge in [-0.25, -0.2) is 0 Å². The number of thiophene rings is 1. The minimum Gasteiger partial charge on any atom is -0.192 e. The minimum absolute atomic E-state index is 0.730. The summed E-state index contributed by atoms with van der Waals surface area (Å²) in [6, 6.07) is 8.02. The van der Waals surface area contributed by atoms with Crippen LogP contribution in [-0.2, 0) is 5.33 Å². The van der Waals surface area contributed by atoms with E-state index in [1.165, 1.54) is 18.5 Å². The Balaban J connectivity index is 2.79. The Morgan fingerprint density at radius 3 is 2.93 bits per heavy atom. The first-order valence-electron chi connectivity index (χ1n) is 3.93. The van der Waals surface area contributed by atoms with Gasteiger partial charge in [0.25, 0.3) is 0 Å². The average Bonchev–Trinajstić information content (AvgIpc) is 2.52. The first-order chi connectivity index (χ1) is 6.76. The Morgan fingerprint density at radius 1 is 1.50 bits per heavy atom. The lowest BCUT2D eigenvalue weighted by Crippen LogP contribution is -1.78. The van der Waals surface area contributed by atoms with Crippen LogP contribution in [-0.4, -0.2) is 0 Å². The summed E-state index contributed by atoms with van der Waals surface area (Å²) in [7, 11) is 0. The number of nitrogens with zero attached hydrogens (tertiary/aromatic N) is 1. The molecule has 1 heterocycles. The second kappa shape index (κ2) is 4.17. The third kappa shape index (κ3) is 1.69. The Bertz CT molecular complexity index is 527. The molecule has 1 nitrogen and oxygen atoms in total. The van der Waals surface area contributed by atoms with Crippen molar-refractivity contribution in [3.05, 3.63) is 32.2 Å². The van der Waals surface area contributed by atoms with Crippen LogP contribution in [0.25, 0.3) is 10.1 Å². The topological polar surface area (TPSA) is 23.8 Å². The van der Waals surface area contributed by atoms with E-state index in [0.29, 0.717) is 0 Å². The predicted octanol–water partition coefficient (Wildman–Crippen LogP) is 4.27. The van der Waals surface area contributed by atoms with Gasteiger partial charge in [-0.1, -0.05) is 15.9 Å². The highest BCUT2D eigenvalue weighted by atomic mass is 127. The van der Waals surface area contributed by atoms with E-state index >= 15 is 0 Å². The maximum Gasteiger partial charge on any atom is 0.0991 e. The van der Waals surface area contributed by atoms with Gasteiger partial charge in [-0.3, -0.25) is 0 Å². The molecule has 0 bridgehead atoms. The van der Waals surface area contributed by atoms with Crippen molar-refractivity contribution in [3.63, 3.8) is 0 Å². The van der Waals surface area contributed by atoms with Gasteiger partial charge in [0.05, 0.1) is 14.5 Å². The van der Waals surface area contributed by atoms with Gasteiger partial charge in [-0.05, 0) is 51.7 Å². The maximum absolute atomic E-state index is 8.81. The van der Waals surface area contributed by atoms with Crippen molar-refractivity contribution in [2.45, 2.75) is 5.33 Å². The Kier molecular flexibility index (Phi) is 3.10. The van der Waals surface area contributed by atoms with Gasteiger partial charge in [0.2, 0.25) is 0 Å². The number of benzene rings is 1. The van der Waals surface area contributed by atoms with Crippen LogP contribution in [0.15, 0.2) is 18.2 Å². The van der Waals surface area contributed by atoms with E-state index in [1.807, 2.05) is 18.2 Å². The fourth-order valence-corrected chi connectivity index (χ4v) is 4.72. The summed E-state index contributed by atoms with van der Waals surface area (Å²) < 4.78 is 2.55. The maximum atomic E-state index is 8.81. The van der Waals surface area contributed by atoms with Gasteiger partial charge < -0.3 is 0 Å². The smallest absolute Gasteiger partial charge is 0.0991 e. The van der Waals surface area contributed by atoms with Crippen molar-refractivity contribution in [3.8, 4) is 6.07 Å². The van der Waals surface area contributed by atoms with Gasteiger partial charge >= 0.3 is 0 Å². The third-order valence-electron chi connectivity index (χ3n) is 2.00. The number of alkyl halides is 1. The Hall–Kier alpha value is -0.120. The molecule has 0 atom stereocenters. The monoisotopic (exact) mass is 377 g/mol. The number of rotatable bonds is 1. The lowest BCUT2D eigenvalue weighted by Gasteiger charge is -1.94. The normalized spacial score (nSPS) is 10.4. The number of halogens is 2. The van der Waals surface area contributed by atoms with Crippen LogP contribution in [0.5, 0.6) is 0 Å². The molecule has 2 aromatic rings. The van der Waals surface area contributed by atoms with Crippen molar-refractivity contribution in [2.75, 3.05) is 0 Å². The van der Waals surface area contributed by atoms with Crippen LogP contribution in [0.4, 0.5) is 0 Å². The molecule has 0 N–H and O–H groups in total. The fourth-order valence-electron chi connectivity index (χ4n) is 1.31. The highest BCUT2D eigenvalue weighted by Gasteiger charge is 2.09. The van der Waals surface area contributed by atoms with E-state index in [9.17, 15) is 0 Å². The van der Waals surface area contributed by atoms with Crippen molar-refractivity contribution in [1.82, 2.24) is 0 Å². The molecule has 0 saturated heterocycles. The van der Waals surface area contributed by atoms with Crippen molar-refractivity contribution < 1.29 is 0 Å². The summed E-state index contributed by atoms with van der Waals surface area (Å²) in [5.74, 6) is 0. The number of hydrogen-bond acceptors (Lipinski definition) is 2. The quantitative estimate of drug-likeness (QED) is 0.537. The van der Waals surface area contributed by atoms with E-state index in [1.54, 1.807) is 11.3 Å². The molecule has 0 fully saturated rings. The second-order valence-electron chi connectivity index (χ2n) is 2.81. The number of hydrogen-bond donors (Lipinski definition) is 0. The number of nitriles is 1. The molecule has 0 spiro atoms. The zero-order chi connectivity index (χ0) is 10.1. The highest BCUT2D eigenvalue weighted by molar-refractivity contribution is 14.1. The molecule has 0 amide bonds. The molecule has 0 unspecified atom stereocenters. The summed E-state index contributed by atoms with van der Waals surface area (Å²) in [5, 5.41) is 10.9. The molecule has 14 heavy (non-hydrogen) atoms. The predicted molar refractivity (Wildman–Crippen MR) is 71.9 cm³/mol. The lowest BCUT2D eigenvalue weighted by atomic mass is 10.1. The van der Waals surface area contributed by atoms with E-state index in [2.05, 4.69) is 44.6 Å². The molecule has 0 saturated carbocycles. The first-order valence-corrected chi connectivity index (χ1v) is 6.95. The van der Waals surface area contributed by atoms with Gasteiger partial charge in [0, 0.05) is 10.0 Å². The van der Waals surface area contributed by atoms with Crippen molar-refractivity contribution in [1.29, 1.82) is 5.26 Å². The van der Waals surface area contributed by atoms with Gasteiger partial charge in [-0.2, -0.15) is 5.26 Å². The summed E-state index contributed by atoms with van der Waals surface area (Å²) >= 11 is 7.59. The van der Waals surface area contributed by atoms with E-state index in [4.69, 9.17) is 5.26 Å². The molecule has 0 aliphatic rings. The summed E-state index contributed by atoms with van der Waals surface area (Å²) in [6.07, 6.45) is 0. The van der Waals surface area contributed by atoms with Crippen molar-refractivity contribution in [2.24, 2.45) is 0 Å². The summed E-state index contributed by atoms with van der Waals surface area (Å²) in [5.41, 5.74) is 2.02. The second-order valence-corrected chi connectivity index (χ2v) is 6.23. The zero-order valence-electron chi connectivity index (χ0n) is 7.05. The first kappa shape index (κ1) is 10.4. The largest absolute Gasteiger partial charge is 0.192 e. The molecule has 0 aliphatic carbocycles. The molecule has 0 aliphatic heterocycles. The van der Waals surface area contributed by atoms with E-state index in [-0.39, 0.29) is 0 Å². The van der Waals surface area contributed by atoms with E-state index in [0.717, 1.165) is 10.9 Å². The Morgan fingerprint density at radius 2 is 2.29 bits per heavy atom. The third-order valence-corrected chi connectivity index (χ3v) is 4.88. The average molecular weight is 378 g/mol. The molecule has 2 rings (SSSR count). The molecular weight excluding hydrogens is 373 g/mol. The van der Waals surface area contributed by atoms with Gasteiger partial charge in [0.15, 0.2) is 0 Å². The highest BCUT2D eigenvalue weighted by Crippen LogP contribution is 2.34.